The number of hydrogen-bond donors (Lipinski definition) is 2. The maximum absolute atomic E-state index is 14.7. The van der Waals surface area contributed by atoms with E-state index in [-0.39, 0.29) is 12.1 Å². The number of aliphatic hydroxyl groups is 1. The van der Waals surface area contributed by atoms with Crippen molar-refractivity contribution in [1.29, 1.82) is 0 Å². The van der Waals surface area contributed by atoms with Crippen molar-refractivity contribution in [3.63, 3.8) is 0 Å². The molecule has 0 aliphatic rings. The van der Waals surface area contributed by atoms with E-state index in [0.717, 1.165) is 24.4 Å². The van der Waals surface area contributed by atoms with Gasteiger partial charge >= 0.3 is 6.18 Å². The fraction of sp³-hybridized carbons (Fsp3) is 0.200. The van der Waals surface area contributed by atoms with Crippen molar-refractivity contribution in [2.24, 2.45) is 0 Å². The third-order valence-corrected chi connectivity index (χ3v) is 6.64. The molecule has 0 bridgehead atoms. The summed E-state index contributed by atoms with van der Waals surface area (Å²) in [7, 11) is 0. The molecule has 1 heterocycles. The van der Waals surface area contributed by atoms with Crippen LogP contribution < -0.4 is 5.32 Å². The Morgan fingerprint density at radius 3 is 2.05 bits per heavy atom. The third-order valence-electron chi connectivity index (χ3n) is 6.64. The molecule has 0 spiro atoms. The number of nitrogens with zero attached hydrogens (tertiary/aromatic N) is 1. The molecule has 0 fully saturated rings. The van der Waals surface area contributed by atoms with Crippen LogP contribution in [0.3, 0.4) is 0 Å². The highest BCUT2D eigenvalue weighted by atomic mass is 19.4. The molecule has 1 amide bonds. The van der Waals surface area contributed by atoms with E-state index in [4.69, 9.17) is 0 Å². The van der Waals surface area contributed by atoms with Gasteiger partial charge in [0.05, 0.1) is 17.3 Å². The molecule has 0 aliphatic heterocycles. The van der Waals surface area contributed by atoms with Crippen LogP contribution in [0.2, 0.25) is 0 Å². The van der Waals surface area contributed by atoms with E-state index in [1.807, 2.05) is 0 Å². The largest absolute Gasteiger partial charge is 0.430 e. The Hall–Kier alpha value is -4.11. The predicted molar refractivity (Wildman–Crippen MR) is 136 cm³/mol. The lowest BCUT2D eigenvalue weighted by Crippen LogP contribution is -2.57. The molecule has 0 aliphatic carbocycles. The van der Waals surface area contributed by atoms with Crippen LogP contribution >= 0.6 is 0 Å². The Labute approximate surface area is 222 Å². The van der Waals surface area contributed by atoms with Crippen LogP contribution in [0.4, 0.5) is 22.0 Å². The van der Waals surface area contributed by atoms with Crippen molar-refractivity contribution >= 4 is 5.91 Å². The summed E-state index contributed by atoms with van der Waals surface area (Å²) in [4.78, 5) is 17.4. The number of benzene rings is 3. The van der Waals surface area contributed by atoms with Gasteiger partial charge < -0.3 is 10.4 Å². The normalized spacial score (nSPS) is 14.7. The second kappa shape index (κ2) is 10.9. The third kappa shape index (κ3) is 5.68. The summed E-state index contributed by atoms with van der Waals surface area (Å²) in [6, 6.07) is 21.4. The highest BCUT2D eigenvalue weighted by Crippen LogP contribution is 2.40. The molecule has 2 atom stereocenters. The van der Waals surface area contributed by atoms with E-state index < -0.39 is 46.8 Å². The topological polar surface area (TPSA) is 62.2 Å². The van der Waals surface area contributed by atoms with Crippen molar-refractivity contribution < 1.29 is 31.9 Å². The predicted octanol–water partition coefficient (Wildman–Crippen LogP) is 5.76. The van der Waals surface area contributed by atoms with Gasteiger partial charge in [0.1, 0.15) is 11.6 Å². The van der Waals surface area contributed by atoms with Crippen LogP contribution in [0.15, 0.2) is 97.2 Å². The van der Waals surface area contributed by atoms with Gasteiger partial charge in [0.25, 0.3) is 11.5 Å². The number of rotatable bonds is 8. The minimum atomic E-state index is -5.36. The molecule has 4 rings (SSSR count). The van der Waals surface area contributed by atoms with Gasteiger partial charge in [0, 0.05) is 12.1 Å². The molecule has 0 saturated carbocycles. The molecular weight excluding hydrogens is 515 g/mol. The Kier molecular flexibility index (Phi) is 7.83. The van der Waals surface area contributed by atoms with Crippen LogP contribution in [0.5, 0.6) is 0 Å². The van der Waals surface area contributed by atoms with Gasteiger partial charge in [-0.3, -0.25) is 9.78 Å². The molecule has 3 aromatic carbocycles. The lowest BCUT2D eigenvalue weighted by atomic mass is 9.72. The van der Waals surface area contributed by atoms with E-state index in [9.17, 15) is 31.9 Å². The number of nitrogens with one attached hydrogen (secondary N) is 1. The molecule has 0 saturated heterocycles. The number of carbonyl (C=O) groups excluding carboxylic acids is 1. The Morgan fingerprint density at radius 1 is 0.846 bits per heavy atom. The average Bonchev–Trinajstić information content (AvgIpc) is 2.90. The number of hydrogen-bond acceptors (Lipinski definition) is 3. The van der Waals surface area contributed by atoms with E-state index in [0.29, 0.717) is 16.7 Å². The number of alkyl halides is 3. The number of aromatic nitrogens is 1. The minimum absolute atomic E-state index is 0.0609. The van der Waals surface area contributed by atoms with Gasteiger partial charge in [-0.25, -0.2) is 8.78 Å². The van der Waals surface area contributed by atoms with Crippen LogP contribution in [0.1, 0.15) is 27.9 Å². The van der Waals surface area contributed by atoms with Crippen LogP contribution in [0.25, 0.3) is 0 Å². The number of pyridine rings is 1. The summed E-state index contributed by atoms with van der Waals surface area (Å²) >= 11 is 0. The van der Waals surface area contributed by atoms with E-state index in [1.165, 1.54) is 36.4 Å². The Morgan fingerprint density at radius 2 is 1.49 bits per heavy atom. The fourth-order valence-electron chi connectivity index (χ4n) is 4.67. The summed E-state index contributed by atoms with van der Waals surface area (Å²) < 4.78 is 71.1. The van der Waals surface area contributed by atoms with Crippen molar-refractivity contribution in [3.05, 3.63) is 137 Å². The maximum Gasteiger partial charge on any atom is 0.430 e. The lowest BCUT2D eigenvalue weighted by Gasteiger charge is -2.37. The molecule has 2 N–H and O–H groups in total. The summed E-state index contributed by atoms with van der Waals surface area (Å²) in [5.74, 6) is -2.97. The van der Waals surface area contributed by atoms with Gasteiger partial charge in [-0.2, -0.15) is 13.2 Å². The molecular formula is C30H25F5N2O2. The molecule has 1 aromatic heterocycles. The summed E-state index contributed by atoms with van der Waals surface area (Å²) in [6.07, 6.45) is -4.35. The Balaban J connectivity index is 1.87. The first-order valence-electron chi connectivity index (χ1n) is 12.0. The van der Waals surface area contributed by atoms with Crippen LogP contribution in [-0.4, -0.2) is 28.7 Å². The standard InChI is InChI=1S/C30H25F5N2O2/c1-20-14-23(16-25(32)15-20)28(17-21-8-4-2-5-9-21,26-13-12-24(31)18-36-26)19-37-27(38)29(39,30(33,34)35)22-10-6-3-7-11-22/h2-16,18,39H,17,19H2,1H3,(H,37,38)/t28-,29-/m0/s1. The quantitative estimate of drug-likeness (QED) is 0.279. The second-order valence-corrected chi connectivity index (χ2v) is 9.38. The zero-order chi connectivity index (χ0) is 28.3. The zero-order valence-corrected chi connectivity index (χ0v) is 20.8. The van der Waals surface area contributed by atoms with Crippen molar-refractivity contribution in [2.75, 3.05) is 6.54 Å². The molecule has 0 unspecified atom stereocenters. The van der Waals surface area contributed by atoms with Gasteiger partial charge in [-0.05, 0) is 54.3 Å². The number of halogens is 5. The average molecular weight is 541 g/mol. The second-order valence-electron chi connectivity index (χ2n) is 9.38. The number of aryl methyl sites for hydroxylation is 1. The van der Waals surface area contributed by atoms with Crippen molar-refractivity contribution in [3.8, 4) is 0 Å². The van der Waals surface area contributed by atoms with Gasteiger partial charge in [0.2, 0.25) is 0 Å². The monoisotopic (exact) mass is 540 g/mol. The van der Waals surface area contributed by atoms with Crippen molar-refractivity contribution in [2.45, 2.75) is 30.5 Å². The molecule has 0 radical (unpaired) electrons. The molecule has 39 heavy (non-hydrogen) atoms. The number of carbonyl (C=O) groups is 1. The fourth-order valence-corrected chi connectivity index (χ4v) is 4.67. The van der Waals surface area contributed by atoms with E-state index in [1.54, 1.807) is 43.3 Å². The van der Waals surface area contributed by atoms with Crippen molar-refractivity contribution in [1.82, 2.24) is 10.3 Å². The number of amides is 1. The molecule has 4 aromatic rings. The highest BCUT2D eigenvalue weighted by Gasteiger charge is 2.61. The minimum Gasteiger partial charge on any atom is -0.369 e. The van der Waals surface area contributed by atoms with Gasteiger partial charge in [-0.15, -0.1) is 0 Å². The van der Waals surface area contributed by atoms with E-state index in [2.05, 4.69) is 10.3 Å². The van der Waals surface area contributed by atoms with E-state index >= 15 is 0 Å². The first kappa shape index (κ1) is 27.9. The smallest absolute Gasteiger partial charge is 0.369 e. The summed E-state index contributed by atoms with van der Waals surface area (Å²) in [5, 5.41) is 13.1. The molecule has 4 nitrogen and oxygen atoms in total. The van der Waals surface area contributed by atoms with Gasteiger partial charge in [-0.1, -0.05) is 66.7 Å². The first-order chi connectivity index (χ1) is 18.5. The SMILES string of the molecule is Cc1cc(F)cc([C@@](CNC(=O)[C@@](O)(c2ccccc2)C(F)(F)F)(Cc2ccccc2)c2ccc(F)cn2)c1. The summed E-state index contributed by atoms with van der Waals surface area (Å²) in [5.41, 5.74) is -4.25. The van der Waals surface area contributed by atoms with Crippen LogP contribution in [0, 0.1) is 18.6 Å². The Bertz CT molecular complexity index is 1410. The van der Waals surface area contributed by atoms with Gasteiger partial charge in [0.15, 0.2) is 0 Å². The van der Waals surface area contributed by atoms with Crippen LogP contribution in [-0.2, 0) is 22.2 Å². The summed E-state index contributed by atoms with van der Waals surface area (Å²) in [6.45, 7) is 1.13. The molecule has 9 heteroatoms. The lowest BCUT2D eigenvalue weighted by molar-refractivity contribution is -0.257. The maximum atomic E-state index is 14.7. The molecule has 202 valence electrons. The zero-order valence-electron chi connectivity index (χ0n) is 20.8. The highest BCUT2D eigenvalue weighted by molar-refractivity contribution is 5.87. The first-order valence-corrected chi connectivity index (χ1v) is 12.0.